The topological polar surface area (TPSA) is 47.6 Å². The van der Waals surface area contributed by atoms with Crippen LogP contribution in [0, 0.1) is 0 Å². The zero-order valence-corrected chi connectivity index (χ0v) is 14.9. The van der Waals surface area contributed by atoms with Gasteiger partial charge in [-0.05, 0) is 25.0 Å². The van der Waals surface area contributed by atoms with Gasteiger partial charge < -0.3 is 24.4 Å². The van der Waals surface area contributed by atoms with E-state index in [1.807, 2.05) is 12.1 Å². The monoisotopic (exact) mass is 324 g/mol. The molecule has 1 saturated heterocycles. The van der Waals surface area contributed by atoms with Crippen LogP contribution in [0.15, 0.2) is 12.1 Å². The van der Waals surface area contributed by atoms with E-state index in [4.69, 9.17) is 9.47 Å². The number of hydrogen-bond acceptors (Lipinski definition) is 3. The Kier molecular flexibility index (Phi) is 6.54. The molecule has 2 rings (SSSR count). The number of aromatic hydroxyl groups is 1. The predicted octanol–water partition coefficient (Wildman–Crippen LogP) is -0.119. The van der Waals surface area contributed by atoms with Gasteiger partial charge in [0.2, 0.25) is 5.75 Å². The number of piperazine rings is 1. The van der Waals surface area contributed by atoms with E-state index in [2.05, 4.69) is 13.8 Å². The van der Waals surface area contributed by atoms with Crippen molar-refractivity contribution in [2.45, 2.75) is 39.3 Å². The van der Waals surface area contributed by atoms with E-state index in [9.17, 15) is 5.11 Å². The first kappa shape index (κ1) is 17.9. The van der Waals surface area contributed by atoms with Crippen LogP contribution < -0.4 is 19.3 Å². The molecule has 0 unspecified atom stereocenters. The van der Waals surface area contributed by atoms with Gasteiger partial charge in [-0.1, -0.05) is 13.8 Å². The van der Waals surface area contributed by atoms with Crippen LogP contribution in [0.2, 0.25) is 0 Å². The van der Waals surface area contributed by atoms with Crippen molar-refractivity contribution < 1.29 is 24.4 Å². The third-order valence-corrected chi connectivity index (χ3v) is 5.16. The summed E-state index contributed by atoms with van der Waals surface area (Å²) in [6, 6.07) is 4.65. The van der Waals surface area contributed by atoms with Crippen molar-refractivity contribution in [2.75, 3.05) is 40.4 Å². The molecule has 1 heterocycles. The van der Waals surface area contributed by atoms with E-state index >= 15 is 0 Å². The number of ether oxygens (including phenoxy) is 2. The normalized spacial score (nSPS) is 21.4. The van der Waals surface area contributed by atoms with Gasteiger partial charge in [-0.15, -0.1) is 0 Å². The second-order valence-corrected chi connectivity index (χ2v) is 6.45. The first-order chi connectivity index (χ1) is 11.1. The summed E-state index contributed by atoms with van der Waals surface area (Å²) in [6.45, 7) is 10.4. The molecule has 0 radical (unpaired) electrons. The van der Waals surface area contributed by atoms with Crippen LogP contribution >= 0.6 is 0 Å². The molecule has 5 nitrogen and oxygen atoms in total. The highest BCUT2D eigenvalue weighted by molar-refractivity contribution is 5.52. The summed E-state index contributed by atoms with van der Waals surface area (Å²) in [6.07, 6.45) is 2.54. The molecular formula is C18H32N2O3+2. The molecule has 0 aliphatic carbocycles. The summed E-state index contributed by atoms with van der Waals surface area (Å²) in [5, 5.41) is 10.0. The molecule has 0 amide bonds. The number of benzene rings is 1. The Morgan fingerprint density at radius 2 is 1.52 bits per heavy atom. The zero-order valence-electron chi connectivity index (χ0n) is 14.9. The van der Waals surface area contributed by atoms with E-state index in [0.717, 1.165) is 18.2 Å². The predicted molar refractivity (Wildman–Crippen MR) is 90.7 cm³/mol. The average Bonchev–Trinajstić information content (AvgIpc) is 2.58. The van der Waals surface area contributed by atoms with E-state index in [1.165, 1.54) is 39.0 Å². The average molecular weight is 324 g/mol. The fourth-order valence-electron chi connectivity index (χ4n) is 3.71. The summed E-state index contributed by atoms with van der Waals surface area (Å²) in [5.41, 5.74) is 1.15. The molecule has 1 aromatic rings. The van der Waals surface area contributed by atoms with E-state index in [0.29, 0.717) is 11.5 Å². The first-order valence-corrected chi connectivity index (χ1v) is 8.74. The molecule has 0 bridgehead atoms. The Morgan fingerprint density at radius 1 is 1.00 bits per heavy atom. The van der Waals surface area contributed by atoms with Crippen molar-refractivity contribution in [3.63, 3.8) is 0 Å². The Morgan fingerprint density at radius 3 is 1.96 bits per heavy atom. The quantitative estimate of drug-likeness (QED) is 0.655. The maximum atomic E-state index is 10.0. The van der Waals surface area contributed by atoms with E-state index in [-0.39, 0.29) is 5.75 Å². The molecule has 0 spiro atoms. The zero-order chi connectivity index (χ0) is 16.8. The fraction of sp³-hybridized carbons (Fsp3) is 0.667. The molecule has 5 heteroatoms. The molecule has 1 aliphatic heterocycles. The second kappa shape index (κ2) is 8.41. The van der Waals surface area contributed by atoms with Gasteiger partial charge in [0.05, 0.1) is 20.3 Å². The summed E-state index contributed by atoms with van der Waals surface area (Å²) in [5.74, 6) is 1.05. The Bertz CT molecular complexity index is 470. The van der Waals surface area contributed by atoms with Crippen LogP contribution in [0.5, 0.6) is 17.2 Å². The van der Waals surface area contributed by atoms with Crippen LogP contribution in [0.3, 0.4) is 0 Å². The minimum absolute atomic E-state index is 0.0803. The summed E-state index contributed by atoms with van der Waals surface area (Å²) < 4.78 is 10.5. The minimum atomic E-state index is 0.0803. The van der Waals surface area contributed by atoms with Gasteiger partial charge in [0.15, 0.2) is 11.5 Å². The lowest BCUT2D eigenvalue weighted by Gasteiger charge is -2.34. The maximum Gasteiger partial charge on any atom is 0.200 e. The molecule has 1 fully saturated rings. The van der Waals surface area contributed by atoms with Crippen molar-refractivity contribution in [2.24, 2.45) is 0 Å². The SMILES string of the molecule is CCC(CC)[NH+]1CC[NH+](Cc2cc(OC)c(O)c(OC)c2)CC1. The second-order valence-electron chi connectivity index (χ2n) is 6.45. The Hall–Kier alpha value is -1.46. The van der Waals surface area contributed by atoms with Gasteiger partial charge in [0.1, 0.15) is 32.7 Å². The van der Waals surface area contributed by atoms with Crippen LogP contribution in [-0.4, -0.2) is 51.5 Å². The standard InChI is InChI=1S/C18H30N2O3/c1-5-15(6-2)20-9-7-19(8-10-20)13-14-11-16(22-3)18(21)17(12-14)23-4/h11-12,15,21H,5-10,13H2,1-4H3/p+2. The van der Waals surface area contributed by atoms with E-state index in [1.54, 1.807) is 24.0 Å². The van der Waals surface area contributed by atoms with Crippen LogP contribution in [-0.2, 0) is 6.54 Å². The van der Waals surface area contributed by atoms with Gasteiger partial charge in [-0.2, -0.15) is 0 Å². The smallest absolute Gasteiger partial charge is 0.200 e. The Balaban J connectivity index is 1.99. The van der Waals surface area contributed by atoms with Crippen molar-refractivity contribution in [3.8, 4) is 17.2 Å². The van der Waals surface area contributed by atoms with Crippen molar-refractivity contribution in [3.05, 3.63) is 17.7 Å². The van der Waals surface area contributed by atoms with Crippen LogP contribution in [0.25, 0.3) is 0 Å². The van der Waals surface area contributed by atoms with Crippen molar-refractivity contribution in [1.82, 2.24) is 0 Å². The first-order valence-electron chi connectivity index (χ1n) is 8.74. The molecule has 0 saturated carbocycles. The number of methoxy groups -OCH3 is 2. The largest absolute Gasteiger partial charge is 0.502 e. The van der Waals surface area contributed by atoms with Gasteiger partial charge in [-0.25, -0.2) is 0 Å². The van der Waals surface area contributed by atoms with Gasteiger partial charge >= 0.3 is 0 Å². The van der Waals surface area contributed by atoms with E-state index < -0.39 is 0 Å². The van der Waals surface area contributed by atoms with Crippen LogP contribution in [0.4, 0.5) is 0 Å². The molecule has 1 aliphatic rings. The molecule has 130 valence electrons. The molecule has 3 N–H and O–H groups in total. The lowest BCUT2D eigenvalue weighted by molar-refractivity contribution is -1.03. The molecular weight excluding hydrogens is 292 g/mol. The van der Waals surface area contributed by atoms with Gasteiger partial charge in [0, 0.05) is 5.56 Å². The van der Waals surface area contributed by atoms with Crippen LogP contribution in [0.1, 0.15) is 32.3 Å². The number of hydrogen-bond donors (Lipinski definition) is 3. The molecule has 0 atom stereocenters. The highest BCUT2D eigenvalue weighted by Crippen LogP contribution is 2.36. The fourth-order valence-corrected chi connectivity index (χ4v) is 3.71. The molecule has 23 heavy (non-hydrogen) atoms. The summed E-state index contributed by atoms with van der Waals surface area (Å²) in [4.78, 5) is 3.36. The number of quaternary nitrogens is 2. The number of phenolic OH excluding ortho intramolecular Hbond substituents is 1. The third-order valence-electron chi connectivity index (χ3n) is 5.16. The highest BCUT2D eigenvalue weighted by Gasteiger charge is 2.27. The van der Waals surface area contributed by atoms with Crippen molar-refractivity contribution >= 4 is 0 Å². The third kappa shape index (κ3) is 4.30. The van der Waals surface area contributed by atoms with Crippen molar-refractivity contribution in [1.29, 1.82) is 0 Å². The highest BCUT2D eigenvalue weighted by atomic mass is 16.5. The summed E-state index contributed by atoms with van der Waals surface area (Å²) in [7, 11) is 3.14. The van der Waals surface area contributed by atoms with Gasteiger partial charge in [0.25, 0.3) is 0 Å². The summed E-state index contributed by atoms with van der Waals surface area (Å²) >= 11 is 0. The minimum Gasteiger partial charge on any atom is -0.502 e. The number of nitrogens with one attached hydrogen (secondary N) is 2. The number of phenols is 1. The molecule has 0 aromatic heterocycles. The lowest BCUT2D eigenvalue weighted by atomic mass is 10.1. The molecule has 1 aromatic carbocycles. The van der Waals surface area contributed by atoms with Gasteiger partial charge in [-0.3, -0.25) is 0 Å². The maximum absolute atomic E-state index is 10.0. The Labute approximate surface area is 139 Å². The lowest BCUT2D eigenvalue weighted by Crippen LogP contribution is -3.29. The number of rotatable bonds is 7.